The van der Waals surface area contributed by atoms with E-state index in [9.17, 15) is 13.5 Å². The summed E-state index contributed by atoms with van der Waals surface area (Å²) in [5.41, 5.74) is 1.59. The molecule has 2 aromatic rings. The Hall–Kier alpha value is -2.19. The van der Waals surface area contributed by atoms with Crippen molar-refractivity contribution in [3.8, 4) is 5.75 Å². The van der Waals surface area contributed by atoms with Crippen molar-refractivity contribution in [2.24, 2.45) is 0 Å². The van der Waals surface area contributed by atoms with Gasteiger partial charge >= 0.3 is 0 Å². The minimum absolute atomic E-state index is 0.168. The molecule has 0 unspecified atom stereocenters. The van der Waals surface area contributed by atoms with E-state index in [1.165, 1.54) is 4.31 Å². The van der Waals surface area contributed by atoms with Gasteiger partial charge in [-0.3, -0.25) is 9.80 Å². The fraction of sp³-hybridized carbons (Fsp3) is 0.417. The normalized spacial score (nSPS) is 21.8. The molecule has 2 aromatic carbocycles. The van der Waals surface area contributed by atoms with Crippen LogP contribution in [-0.4, -0.2) is 73.4 Å². The largest absolute Gasteiger partial charge is 0.508 e. The zero-order valence-electron chi connectivity index (χ0n) is 18.8. The lowest BCUT2D eigenvalue weighted by atomic mass is 9.93. The average Bonchev–Trinajstić information content (AvgIpc) is 2.72. The lowest BCUT2D eigenvalue weighted by molar-refractivity contribution is 0.0299. The van der Waals surface area contributed by atoms with Crippen molar-refractivity contribution in [1.82, 2.24) is 14.1 Å². The molecule has 0 aromatic heterocycles. The Morgan fingerprint density at radius 2 is 1.84 bits per heavy atom. The molecule has 1 aliphatic heterocycles. The molecular weight excluding hydrogens is 410 g/mol. The number of aromatic hydroxyl groups is 1. The van der Waals surface area contributed by atoms with E-state index in [-0.39, 0.29) is 23.9 Å². The van der Waals surface area contributed by atoms with Gasteiger partial charge < -0.3 is 5.11 Å². The Morgan fingerprint density at radius 3 is 2.48 bits per heavy atom. The van der Waals surface area contributed by atoms with Gasteiger partial charge in [-0.1, -0.05) is 36.4 Å². The van der Waals surface area contributed by atoms with Crippen LogP contribution >= 0.6 is 0 Å². The molecule has 0 bridgehead atoms. The summed E-state index contributed by atoms with van der Waals surface area (Å²) in [4.78, 5) is 5.03. The number of piperazine rings is 1. The van der Waals surface area contributed by atoms with E-state index in [2.05, 4.69) is 30.2 Å². The summed E-state index contributed by atoms with van der Waals surface area (Å²) in [5.74, 6) is 0.168. The maximum Gasteiger partial charge on any atom is 0.242 e. The van der Waals surface area contributed by atoms with Gasteiger partial charge in [-0.25, -0.2) is 12.7 Å². The molecule has 0 saturated carbocycles. The molecule has 0 radical (unpaired) electrons. The lowest BCUT2D eigenvalue weighted by Gasteiger charge is -2.47. The van der Waals surface area contributed by atoms with E-state index >= 15 is 0 Å². The van der Waals surface area contributed by atoms with Crippen LogP contribution in [0.2, 0.25) is 0 Å². The molecule has 3 rings (SSSR count). The van der Waals surface area contributed by atoms with Crippen LogP contribution in [0.4, 0.5) is 0 Å². The Kier molecular flexibility index (Phi) is 7.21. The predicted octanol–water partition coefficient (Wildman–Crippen LogP) is 3.31. The second-order valence-corrected chi connectivity index (χ2v) is 10.6. The standard InChI is InChI=1S/C24H33N3O3S/c1-6-14-26-16-19(3)27(17-18(26)2)24(20-10-9-11-21(28)15-20)22-12-7-8-13-23(22)31(29,30)25(4)5/h6-13,15,18-19,24,28H,1,14,16-17H2,2-5H3/t18-,19+,24+/m0/s1. The fourth-order valence-corrected chi connectivity index (χ4v) is 5.51. The van der Waals surface area contributed by atoms with Crippen molar-refractivity contribution < 1.29 is 13.5 Å². The SMILES string of the molecule is C=CCN1C[C@@H](C)N([C@H](c2cccc(O)c2)c2ccccc2S(=O)(=O)N(C)C)C[C@@H]1C. The Morgan fingerprint density at radius 1 is 1.13 bits per heavy atom. The van der Waals surface area contributed by atoms with Crippen molar-refractivity contribution in [1.29, 1.82) is 0 Å². The third-order valence-corrected chi connectivity index (χ3v) is 7.91. The molecular formula is C24H33N3O3S. The smallest absolute Gasteiger partial charge is 0.242 e. The number of nitrogens with zero attached hydrogens (tertiary/aromatic N) is 3. The zero-order valence-corrected chi connectivity index (χ0v) is 19.6. The molecule has 1 heterocycles. The van der Waals surface area contributed by atoms with Crippen LogP contribution in [0.1, 0.15) is 31.0 Å². The van der Waals surface area contributed by atoms with E-state index in [4.69, 9.17) is 0 Å². The topological polar surface area (TPSA) is 64.1 Å². The van der Waals surface area contributed by atoms with Crippen LogP contribution in [0.15, 0.2) is 66.1 Å². The summed E-state index contributed by atoms with van der Waals surface area (Å²) in [6.45, 7) is 10.7. The van der Waals surface area contributed by atoms with Gasteiger partial charge in [0.2, 0.25) is 10.0 Å². The zero-order chi connectivity index (χ0) is 22.8. The molecule has 0 aliphatic carbocycles. The van der Waals surface area contributed by atoms with E-state index < -0.39 is 10.0 Å². The molecule has 1 aliphatic rings. The molecule has 6 nitrogen and oxygen atoms in total. The minimum atomic E-state index is -3.64. The van der Waals surface area contributed by atoms with Crippen LogP contribution in [0.3, 0.4) is 0 Å². The highest BCUT2D eigenvalue weighted by Gasteiger charge is 2.37. The maximum absolute atomic E-state index is 13.2. The number of sulfonamides is 1. The van der Waals surface area contributed by atoms with Crippen molar-refractivity contribution >= 4 is 10.0 Å². The molecule has 1 saturated heterocycles. The number of hydrogen-bond acceptors (Lipinski definition) is 5. The van der Waals surface area contributed by atoms with Crippen LogP contribution in [0.25, 0.3) is 0 Å². The first kappa shape index (κ1) is 23.5. The van der Waals surface area contributed by atoms with Crippen molar-refractivity contribution in [2.45, 2.75) is 36.9 Å². The van der Waals surface area contributed by atoms with Gasteiger partial charge in [-0.15, -0.1) is 6.58 Å². The Bertz CT molecular complexity index is 1020. The van der Waals surface area contributed by atoms with Crippen molar-refractivity contribution in [3.63, 3.8) is 0 Å². The molecule has 3 atom stereocenters. The van der Waals surface area contributed by atoms with E-state index in [1.54, 1.807) is 38.4 Å². The second-order valence-electron chi connectivity index (χ2n) is 8.46. The quantitative estimate of drug-likeness (QED) is 0.665. The highest BCUT2D eigenvalue weighted by atomic mass is 32.2. The number of phenolic OH excluding ortho intramolecular Hbond substituents is 1. The number of phenols is 1. The third kappa shape index (κ3) is 4.85. The number of benzene rings is 2. The predicted molar refractivity (Wildman–Crippen MR) is 125 cm³/mol. The Balaban J connectivity index is 2.16. The molecule has 1 fully saturated rings. The summed E-state index contributed by atoms with van der Waals surface area (Å²) < 4.78 is 27.6. The maximum atomic E-state index is 13.2. The third-order valence-electron chi connectivity index (χ3n) is 6.02. The molecule has 0 spiro atoms. The highest BCUT2D eigenvalue weighted by Crippen LogP contribution is 2.37. The monoisotopic (exact) mass is 443 g/mol. The van der Waals surface area contributed by atoms with Crippen LogP contribution < -0.4 is 0 Å². The van der Waals surface area contributed by atoms with Gasteiger partial charge in [-0.05, 0) is 43.2 Å². The first-order chi connectivity index (χ1) is 14.7. The number of rotatable bonds is 7. The van der Waals surface area contributed by atoms with Gasteiger partial charge in [0.05, 0.1) is 10.9 Å². The van der Waals surface area contributed by atoms with E-state index in [1.807, 2.05) is 30.3 Å². The molecule has 31 heavy (non-hydrogen) atoms. The first-order valence-corrected chi connectivity index (χ1v) is 12.0. The van der Waals surface area contributed by atoms with Gasteiger partial charge in [0.15, 0.2) is 0 Å². The second kappa shape index (κ2) is 9.53. The molecule has 7 heteroatoms. The summed E-state index contributed by atoms with van der Waals surface area (Å²) in [7, 11) is -0.540. The van der Waals surface area contributed by atoms with Crippen molar-refractivity contribution in [3.05, 3.63) is 72.3 Å². The van der Waals surface area contributed by atoms with Gasteiger partial charge in [0.25, 0.3) is 0 Å². The van der Waals surface area contributed by atoms with Gasteiger partial charge in [-0.2, -0.15) is 0 Å². The summed E-state index contributed by atoms with van der Waals surface area (Å²) >= 11 is 0. The number of hydrogen-bond donors (Lipinski definition) is 1. The molecule has 168 valence electrons. The molecule has 0 amide bonds. The fourth-order valence-electron chi connectivity index (χ4n) is 4.39. The van der Waals surface area contributed by atoms with E-state index in [0.29, 0.717) is 4.90 Å². The summed E-state index contributed by atoms with van der Waals surface area (Å²) in [6.07, 6.45) is 1.92. The van der Waals surface area contributed by atoms with Gasteiger partial charge in [0.1, 0.15) is 5.75 Å². The van der Waals surface area contributed by atoms with Crippen LogP contribution in [0, 0.1) is 0 Å². The average molecular weight is 444 g/mol. The minimum Gasteiger partial charge on any atom is -0.508 e. The summed E-state index contributed by atoms with van der Waals surface area (Å²) in [6, 6.07) is 14.5. The highest BCUT2D eigenvalue weighted by molar-refractivity contribution is 7.89. The van der Waals surface area contributed by atoms with E-state index in [0.717, 1.165) is 30.8 Å². The summed E-state index contributed by atoms with van der Waals surface area (Å²) in [5, 5.41) is 10.2. The van der Waals surface area contributed by atoms with Gasteiger partial charge in [0, 0.05) is 45.8 Å². The van der Waals surface area contributed by atoms with Crippen LogP contribution in [-0.2, 0) is 10.0 Å². The lowest BCUT2D eigenvalue weighted by Crippen LogP contribution is -2.57. The molecule has 1 N–H and O–H groups in total. The van der Waals surface area contributed by atoms with Crippen LogP contribution in [0.5, 0.6) is 5.75 Å². The van der Waals surface area contributed by atoms with Crippen molar-refractivity contribution in [2.75, 3.05) is 33.7 Å². The first-order valence-electron chi connectivity index (χ1n) is 10.6. The Labute approximate surface area is 186 Å².